The van der Waals surface area contributed by atoms with Gasteiger partial charge in [0.15, 0.2) is 0 Å². The number of fused-ring (bicyclic) bond motifs is 1. The quantitative estimate of drug-likeness (QED) is 0.402. The van der Waals surface area contributed by atoms with Crippen LogP contribution in [0.15, 0.2) is 54.6 Å². The third-order valence-electron chi connectivity index (χ3n) is 7.74. The number of anilines is 1. The van der Waals surface area contributed by atoms with Gasteiger partial charge in [-0.2, -0.15) is 5.10 Å². The number of benzene rings is 2. The lowest BCUT2D eigenvalue weighted by molar-refractivity contribution is -0.0158. The van der Waals surface area contributed by atoms with Crippen molar-refractivity contribution in [1.29, 1.82) is 0 Å². The molecule has 1 saturated heterocycles. The topological polar surface area (TPSA) is 112 Å². The molecule has 9 heteroatoms. The summed E-state index contributed by atoms with van der Waals surface area (Å²) in [6, 6.07) is 17.2. The molecule has 2 unspecified atom stereocenters. The van der Waals surface area contributed by atoms with Crippen LogP contribution in [0.4, 0.5) is 10.6 Å². The van der Waals surface area contributed by atoms with Crippen molar-refractivity contribution in [3.05, 3.63) is 60.2 Å². The van der Waals surface area contributed by atoms with E-state index in [1.54, 1.807) is 0 Å². The monoisotopic (exact) mass is 545 g/mol. The Balaban J connectivity index is 1.41. The molecule has 0 radical (unpaired) electrons. The van der Waals surface area contributed by atoms with Crippen molar-refractivity contribution in [3.63, 3.8) is 0 Å². The molecule has 3 N–H and O–H groups in total. The molecular formula is C31H39N5O4. The van der Waals surface area contributed by atoms with Gasteiger partial charge in [-0.25, -0.2) is 9.48 Å². The fraction of sp³-hybridized carbons (Fsp3) is 0.452. The molecule has 9 nitrogen and oxygen atoms in total. The van der Waals surface area contributed by atoms with Crippen molar-refractivity contribution in [2.75, 3.05) is 25.0 Å². The molecule has 0 aliphatic carbocycles. The highest BCUT2D eigenvalue weighted by Gasteiger charge is 2.45. The number of rotatable bonds is 5. The van der Waals surface area contributed by atoms with Gasteiger partial charge in [0.05, 0.1) is 6.04 Å². The molecule has 2 amide bonds. The highest BCUT2D eigenvalue weighted by Crippen LogP contribution is 2.46. The maximum absolute atomic E-state index is 12.8. The summed E-state index contributed by atoms with van der Waals surface area (Å²) in [5, 5.41) is 8.37. The minimum absolute atomic E-state index is 0.0552. The number of hydrogen-bond acceptors (Lipinski definition) is 6. The van der Waals surface area contributed by atoms with Crippen molar-refractivity contribution < 1.29 is 19.1 Å². The molecular weight excluding hydrogens is 506 g/mol. The van der Waals surface area contributed by atoms with E-state index in [-0.39, 0.29) is 23.5 Å². The minimum Gasteiger partial charge on any atom is -0.457 e. The van der Waals surface area contributed by atoms with E-state index in [1.807, 2.05) is 85.0 Å². The summed E-state index contributed by atoms with van der Waals surface area (Å²) in [6.45, 7) is 12.0. The summed E-state index contributed by atoms with van der Waals surface area (Å²) in [4.78, 5) is 27.3. The number of piperidine rings is 1. The number of hydrogen-bond donors (Lipinski definition) is 2. The Morgan fingerprint density at radius 1 is 1.02 bits per heavy atom. The van der Waals surface area contributed by atoms with Crippen LogP contribution in [-0.4, -0.2) is 51.9 Å². The van der Waals surface area contributed by atoms with Crippen molar-refractivity contribution in [2.45, 2.75) is 59.1 Å². The first-order valence-electron chi connectivity index (χ1n) is 13.9. The lowest BCUT2D eigenvalue weighted by Gasteiger charge is -2.48. The van der Waals surface area contributed by atoms with Crippen molar-refractivity contribution in [1.82, 2.24) is 14.7 Å². The first-order valence-corrected chi connectivity index (χ1v) is 13.9. The molecule has 0 saturated carbocycles. The maximum Gasteiger partial charge on any atom is 0.410 e. The molecule has 1 aromatic heterocycles. The lowest BCUT2D eigenvalue weighted by atomic mass is 9.69. The highest BCUT2D eigenvalue weighted by atomic mass is 16.6. The molecule has 40 heavy (non-hydrogen) atoms. The van der Waals surface area contributed by atoms with E-state index in [9.17, 15) is 9.59 Å². The molecule has 1 fully saturated rings. The highest BCUT2D eigenvalue weighted by molar-refractivity contribution is 6.03. The first kappa shape index (κ1) is 27.6. The van der Waals surface area contributed by atoms with E-state index in [4.69, 9.17) is 20.3 Å². The Hall–Kier alpha value is -4.01. The number of ether oxygens (including phenoxy) is 2. The Labute approximate surface area is 235 Å². The number of carbonyl (C=O) groups is 2. The van der Waals surface area contributed by atoms with E-state index in [0.717, 1.165) is 24.2 Å². The van der Waals surface area contributed by atoms with E-state index >= 15 is 0 Å². The van der Waals surface area contributed by atoms with Gasteiger partial charge >= 0.3 is 6.09 Å². The second kappa shape index (κ2) is 10.5. The van der Waals surface area contributed by atoms with E-state index in [0.29, 0.717) is 42.5 Å². The van der Waals surface area contributed by atoms with Gasteiger partial charge in [0.2, 0.25) is 0 Å². The van der Waals surface area contributed by atoms with Gasteiger partial charge in [-0.05, 0) is 81.3 Å². The largest absolute Gasteiger partial charge is 0.457 e. The number of amides is 2. The molecule has 2 aliphatic heterocycles. The Bertz CT molecular complexity index is 1380. The van der Waals surface area contributed by atoms with Gasteiger partial charge < -0.3 is 25.4 Å². The van der Waals surface area contributed by atoms with Crippen LogP contribution >= 0.6 is 0 Å². The summed E-state index contributed by atoms with van der Waals surface area (Å²) in [5.41, 5.74) is 6.92. The Kier molecular flexibility index (Phi) is 7.25. The third kappa shape index (κ3) is 5.64. The van der Waals surface area contributed by atoms with Gasteiger partial charge in [0.1, 0.15) is 34.2 Å². The Morgan fingerprint density at radius 3 is 2.33 bits per heavy atom. The number of nitrogens with one attached hydrogen (secondary N) is 1. The molecule has 3 heterocycles. The van der Waals surface area contributed by atoms with E-state index in [1.165, 1.54) is 0 Å². The molecule has 2 aromatic carbocycles. The SMILES string of the molecule is CC(C)(C)OC(=O)N1CCC(C2CCNc3c(C(N)=O)c(-c4ccc(Oc5ccccc5)cc4)nn32)C(C)(C)C1. The number of likely N-dealkylation sites (tertiary alicyclic amines) is 1. The molecule has 0 bridgehead atoms. The molecule has 2 aliphatic rings. The zero-order chi connectivity index (χ0) is 28.7. The first-order chi connectivity index (χ1) is 18.9. The molecule has 5 rings (SSSR count). The van der Waals surface area contributed by atoms with Crippen LogP contribution in [0.3, 0.4) is 0 Å². The van der Waals surface area contributed by atoms with Crippen LogP contribution in [0.5, 0.6) is 11.5 Å². The molecule has 3 aromatic rings. The predicted octanol–water partition coefficient (Wildman–Crippen LogP) is 6.08. The number of nitrogens with two attached hydrogens (primary N) is 1. The number of carbonyl (C=O) groups excluding carboxylic acids is 2. The smallest absolute Gasteiger partial charge is 0.410 e. The fourth-order valence-corrected chi connectivity index (χ4v) is 5.99. The van der Waals surface area contributed by atoms with Gasteiger partial charge in [0.25, 0.3) is 5.91 Å². The van der Waals surface area contributed by atoms with Crippen LogP contribution in [0, 0.1) is 11.3 Å². The van der Waals surface area contributed by atoms with Gasteiger partial charge in [0, 0.05) is 25.2 Å². The van der Waals surface area contributed by atoms with Crippen LogP contribution in [0.1, 0.15) is 63.9 Å². The third-order valence-corrected chi connectivity index (χ3v) is 7.74. The summed E-state index contributed by atoms with van der Waals surface area (Å²) in [6.07, 6.45) is 1.39. The Morgan fingerprint density at radius 2 is 1.70 bits per heavy atom. The van der Waals surface area contributed by atoms with Crippen molar-refractivity contribution in [2.24, 2.45) is 17.1 Å². The van der Waals surface area contributed by atoms with E-state index < -0.39 is 11.5 Å². The summed E-state index contributed by atoms with van der Waals surface area (Å²) in [7, 11) is 0. The van der Waals surface area contributed by atoms with Gasteiger partial charge in [-0.1, -0.05) is 32.0 Å². The standard InChI is InChI=1S/C31H39N5O4/c1-30(2,3)40-29(38)35-18-16-23(31(4,5)19-35)24-15-17-33-28-25(27(32)37)26(34-36(24)28)20-11-13-22(14-12-20)39-21-9-7-6-8-10-21/h6-14,23-24,33H,15-19H2,1-5H3,(H2,32,37). The second-order valence-corrected chi connectivity index (χ2v) is 12.4. The average molecular weight is 546 g/mol. The zero-order valence-corrected chi connectivity index (χ0v) is 23.9. The van der Waals surface area contributed by atoms with Crippen molar-refractivity contribution >= 4 is 17.8 Å². The molecule has 212 valence electrons. The van der Waals surface area contributed by atoms with E-state index in [2.05, 4.69) is 19.2 Å². The number of primary amides is 1. The van der Waals surface area contributed by atoms with Gasteiger partial charge in [-0.15, -0.1) is 0 Å². The van der Waals surface area contributed by atoms with Crippen LogP contribution in [0.25, 0.3) is 11.3 Å². The average Bonchev–Trinajstić information content (AvgIpc) is 3.28. The lowest BCUT2D eigenvalue weighted by Crippen LogP contribution is -2.52. The number of para-hydroxylation sites is 1. The zero-order valence-electron chi connectivity index (χ0n) is 23.9. The van der Waals surface area contributed by atoms with Crippen LogP contribution in [0.2, 0.25) is 0 Å². The molecule has 0 spiro atoms. The minimum atomic E-state index is -0.537. The van der Waals surface area contributed by atoms with Gasteiger partial charge in [-0.3, -0.25) is 4.79 Å². The van der Waals surface area contributed by atoms with Crippen LogP contribution < -0.4 is 15.8 Å². The second-order valence-electron chi connectivity index (χ2n) is 12.4. The summed E-state index contributed by atoms with van der Waals surface area (Å²) >= 11 is 0. The number of nitrogens with zero attached hydrogens (tertiary/aromatic N) is 3. The summed E-state index contributed by atoms with van der Waals surface area (Å²) in [5.74, 6) is 1.82. The van der Waals surface area contributed by atoms with Crippen molar-refractivity contribution in [3.8, 4) is 22.8 Å². The number of aromatic nitrogens is 2. The summed E-state index contributed by atoms with van der Waals surface area (Å²) < 4.78 is 13.5. The fourth-order valence-electron chi connectivity index (χ4n) is 5.99. The normalized spacial score (nSPS) is 20.3. The molecule has 2 atom stereocenters. The maximum atomic E-state index is 12.8. The predicted molar refractivity (Wildman–Crippen MR) is 155 cm³/mol. The van der Waals surface area contributed by atoms with Crippen LogP contribution in [-0.2, 0) is 4.74 Å².